The maximum Gasteiger partial charge on any atom is 0.138 e. The fraction of sp³-hybridized carbons (Fsp3) is 0.583. The van der Waals surface area contributed by atoms with Gasteiger partial charge in [0.25, 0.3) is 0 Å². The molecule has 0 radical (unpaired) electrons. The van der Waals surface area contributed by atoms with Crippen molar-refractivity contribution in [3.05, 3.63) is 30.1 Å². The summed E-state index contributed by atoms with van der Waals surface area (Å²) in [6, 6.07) is 1.93. The van der Waals surface area contributed by atoms with Crippen molar-refractivity contribution < 1.29 is 0 Å². The Morgan fingerprint density at radius 1 is 1.37 bits per heavy atom. The molecule has 0 spiro atoms. The van der Waals surface area contributed by atoms with Crippen LogP contribution in [0.25, 0.3) is 0 Å². The molecule has 1 atom stereocenters. The minimum absolute atomic E-state index is 0.0254. The molecule has 0 saturated carbocycles. The van der Waals surface area contributed by atoms with Gasteiger partial charge in [-0.25, -0.2) is 9.67 Å². The van der Waals surface area contributed by atoms with Gasteiger partial charge in [-0.3, -0.25) is 16.0 Å². The number of hydrazine groups is 1. The molecule has 0 aromatic carbocycles. The molecule has 2 aromatic heterocycles. The number of nitrogens with two attached hydrogens (primary N) is 1. The molecule has 0 aliphatic rings. The van der Waals surface area contributed by atoms with E-state index in [1.165, 1.54) is 0 Å². The number of hydrogen-bond acceptors (Lipinski definition) is 5. The van der Waals surface area contributed by atoms with E-state index in [0.717, 1.165) is 18.1 Å². The highest BCUT2D eigenvalue weighted by molar-refractivity contribution is 5.09. The van der Waals surface area contributed by atoms with E-state index in [2.05, 4.69) is 34.5 Å². The van der Waals surface area contributed by atoms with Crippen LogP contribution < -0.4 is 11.3 Å². The predicted octanol–water partition coefficient (Wildman–Crippen LogP) is 0.415. The van der Waals surface area contributed by atoms with E-state index >= 15 is 0 Å². The number of nitrogens with one attached hydrogen (secondary N) is 1. The Bertz CT molecular complexity index is 514. The van der Waals surface area contributed by atoms with Gasteiger partial charge in [-0.05, 0) is 12.0 Å². The summed E-state index contributed by atoms with van der Waals surface area (Å²) >= 11 is 0. The van der Waals surface area contributed by atoms with E-state index in [1.54, 1.807) is 12.5 Å². The van der Waals surface area contributed by atoms with Crippen molar-refractivity contribution in [2.24, 2.45) is 18.8 Å². The molecule has 0 aliphatic heterocycles. The van der Waals surface area contributed by atoms with Crippen molar-refractivity contribution in [1.82, 2.24) is 30.0 Å². The maximum absolute atomic E-state index is 5.65. The summed E-state index contributed by atoms with van der Waals surface area (Å²) in [4.78, 5) is 4.32. The average Bonchev–Trinajstić information content (AvgIpc) is 2.95. The lowest BCUT2D eigenvalue weighted by Gasteiger charge is -2.16. The summed E-state index contributed by atoms with van der Waals surface area (Å²) in [5.74, 6) is 7.11. The first kappa shape index (κ1) is 13.7. The standard InChI is InChI=1S/C12H21N7/c1-9(2)7-19-12(14-8-16-19)6-10(17-13)11-4-5-15-18(11)3/h4-5,8-10,17H,6-7,13H2,1-3H3. The Morgan fingerprint density at radius 3 is 2.74 bits per heavy atom. The molecule has 7 nitrogen and oxygen atoms in total. The van der Waals surface area contributed by atoms with E-state index in [1.807, 2.05) is 22.5 Å². The first-order valence-corrected chi connectivity index (χ1v) is 6.42. The summed E-state index contributed by atoms with van der Waals surface area (Å²) in [7, 11) is 1.90. The molecule has 2 heterocycles. The van der Waals surface area contributed by atoms with Crippen LogP contribution >= 0.6 is 0 Å². The molecule has 2 aromatic rings. The Kier molecular flexibility index (Phi) is 4.28. The van der Waals surface area contributed by atoms with Crippen molar-refractivity contribution in [2.45, 2.75) is 32.9 Å². The van der Waals surface area contributed by atoms with Gasteiger partial charge in [0, 0.05) is 26.2 Å². The van der Waals surface area contributed by atoms with Gasteiger partial charge in [-0.2, -0.15) is 10.2 Å². The summed E-state index contributed by atoms with van der Waals surface area (Å²) in [5.41, 5.74) is 3.85. The van der Waals surface area contributed by atoms with Gasteiger partial charge in [0.1, 0.15) is 12.2 Å². The highest BCUT2D eigenvalue weighted by Gasteiger charge is 2.17. The Hall–Kier alpha value is -1.73. The first-order valence-electron chi connectivity index (χ1n) is 6.42. The maximum atomic E-state index is 5.65. The van der Waals surface area contributed by atoms with Crippen molar-refractivity contribution in [3.63, 3.8) is 0 Å². The number of rotatable bonds is 6. The second kappa shape index (κ2) is 5.94. The normalized spacial score (nSPS) is 13.1. The van der Waals surface area contributed by atoms with Gasteiger partial charge in [0.15, 0.2) is 0 Å². The molecule has 1 unspecified atom stereocenters. The van der Waals surface area contributed by atoms with Gasteiger partial charge in [0.2, 0.25) is 0 Å². The largest absolute Gasteiger partial charge is 0.271 e. The molecule has 0 saturated heterocycles. The average molecular weight is 263 g/mol. The topological polar surface area (TPSA) is 86.6 Å². The van der Waals surface area contributed by atoms with Gasteiger partial charge in [-0.15, -0.1) is 0 Å². The van der Waals surface area contributed by atoms with Gasteiger partial charge in [-0.1, -0.05) is 13.8 Å². The minimum Gasteiger partial charge on any atom is -0.271 e. The Labute approximate surface area is 112 Å². The number of aromatic nitrogens is 5. The Morgan fingerprint density at radius 2 is 2.16 bits per heavy atom. The van der Waals surface area contributed by atoms with Crippen LogP contribution in [-0.2, 0) is 20.0 Å². The third-order valence-electron chi connectivity index (χ3n) is 3.04. The van der Waals surface area contributed by atoms with Crippen LogP contribution in [0, 0.1) is 5.92 Å². The second-order valence-corrected chi connectivity index (χ2v) is 5.06. The lowest BCUT2D eigenvalue weighted by atomic mass is 10.1. The molecule has 0 bridgehead atoms. The molecule has 0 amide bonds. The lowest BCUT2D eigenvalue weighted by molar-refractivity contribution is 0.438. The molecular weight excluding hydrogens is 242 g/mol. The van der Waals surface area contributed by atoms with Crippen LogP contribution in [0.4, 0.5) is 0 Å². The highest BCUT2D eigenvalue weighted by atomic mass is 15.3. The van der Waals surface area contributed by atoms with Crippen molar-refractivity contribution in [2.75, 3.05) is 0 Å². The first-order chi connectivity index (χ1) is 9.11. The van der Waals surface area contributed by atoms with Crippen molar-refractivity contribution >= 4 is 0 Å². The third-order valence-corrected chi connectivity index (χ3v) is 3.04. The molecule has 19 heavy (non-hydrogen) atoms. The monoisotopic (exact) mass is 263 g/mol. The van der Waals surface area contributed by atoms with Crippen LogP contribution in [0.5, 0.6) is 0 Å². The van der Waals surface area contributed by atoms with E-state index in [0.29, 0.717) is 12.3 Å². The van der Waals surface area contributed by atoms with Gasteiger partial charge >= 0.3 is 0 Å². The smallest absolute Gasteiger partial charge is 0.138 e. The number of nitrogens with zero attached hydrogens (tertiary/aromatic N) is 5. The van der Waals surface area contributed by atoms with Crippen LogP contribution in [0.15, 0.2) is 18.6 Å². The fourth-order valence-electron chi connectivity index (χ4n) is 2.10. The van der Waals surface area contributed by atoms with Gasteiger partial charge in [0.05, 0.1) is 11.7 Å². The number of hydrogen-bond donors (Lipinski definition) is 2. The fourth-order valence-corrected chi connectivity index (χ4v) is 2.10. The zero-order chi connectivity index (χ0) is 13.8. The highest BCUT2D eigenvalue weighted by Crippen LogP contribution is 2.16. The van der Waals surface area contributed by atoms with Gasteiger partial charge < -0.3 is 0 Å². The summed E-state index contributed by atoms with van der Waals surface area (Å²) in [6.07, 6.45) is 4.04. The molecule has 3 N–H and O–H groups in total. The Balaban J connectivity index is 2.15. The number of aryl methyl sites for hydroxylation is 1. The summed E-state index contributed by atoms with van der Waals surface area (Å²) < 4.78 is 3.75. The SMILES string of the molecule is CC(C)Cn1ncnc1CC(NN)c1ccnn1C. The van der Waals surface area contributed by atoms with E-state index in [4.69, 9.17) is 5.84 Å². The summed E-state index contributed by atoms with van der Waals surface area (Å²) in [5, 5.41) is 8.43. The molecule has 7 heteroatoms. The molecular formula is C12H21N7. The third kappa shape index (κ3) is 3.18. The van der Waals surface area contributed by atoms with Crippen LogP contribution in [-0.4, -0.2) is 24.5 Å². The lowest BCUT2D eigenvalue weighted by Crippen LogP contribution is -2.32. The van der Waals surface area contributed by atoms with Crippen molar-refractivity contribution in [3.8, 4) is 0 Å². The zero-order valence-corrected chi connectivity index (χ0v) is 11.6. The molecule has 2 rings (SSSR count). The minimum atomic E-state index is -0.0254. The van der Waals surface area contributed by atoms with Crippen LogP contribution in [0.1, 0.15) is 31.4 Å². The predicted molar refractivity (Wildman–Crippen MR) is 71.8 cm³/mol. The van der Waals surface area contributed by atoms with Crippen LogP contribution in [0.3, 0.4) is 0 Å². The van der Waals surface area contributed by atoms with Crippen LogP contribution in [0.2, 0.25) is 0 Å². The van der Waals surface area contributed by atoms with E-state index < -0.39 is 0 Å². The van der Waals surface area contributed by atoms with E-state index in [9.17, 15) is 0 Å². The zero-order valence-electron chi connectivity index (χ0n) is 11.6. The van der Waals surface area contributed by atoms with E-state index in [-0.39, 0.29) is 6.04 Å². The molecule has 0 fully saturated rings. The van der Waals surface area contributed by atoms with Crippen molar-refractivity contribution in [1.29, 1.82) is 0 Å². The quantitative estimate of drug-likeness (QED) is 0.582. The molecule has 104 valence electrons. The summed E-state index contributed by atoms with van der Waals surface area (Å²) in [6.45, 7) is 5.18. The molecule has 0 aliphatic carbocycles. The second-order valence-electron chi connectivity index (χ2n) is 5.06.